The number of hydrogen-bond acceptors (Lipinski definition) is 2. The lowest BCUT2D eigenvalue weighted by atomic mass is 10.2. The van der Waals surface area contributed by atoms with Gasteiger partial charge < -0.3 is 9.30 Å². The second kappa shape index (κ2) is 8.24. The number of hydrogen-bond donors (Lipinski definition) is 0. The van der Waals surface area contributed by atoms with Gasteiger partial charge in [0.2, 0.25) is 0 Å². The van der Waals surface area contributed by atoms with Crippen molar-refractivity contribution in [1.82, 2.24) is 9.55 Å². The highest BCUT2D eigenvalue weighted by atomic mass is 79.9. The van der Waals surface area contributed by atoms with E-state index in [1.165, 1.54) is 11.3 Å². The van der Waals surface area contributed by atoms with Crippen molar-refractivity contribution in [2.24, 2.45) is 5.92 Å². The second-order valence-corrected chi connectivity index (χ2v) is 7.55. The molecule has 2 aromatic heterocycles. The average molecular weight is 424 g/mol. The molecule has 3 aromatic rings. The molecule has 0 spiro atoms. The van der Waals surface area contributed by atoms with Gasteiger partial charge in [-0.05, 0) is 43.0 Å². The highest BCUT2D eigenvalue weighted by Crippen LogP contribution is 2.32. The van der Waals surface area contributed by atoms with E-state index in [4.69, 9.17) is 4.74 Å². The summed E-state index contributed by atoms with van der Waals surface area (Å²) in [6.45, 7) is 10.3. The van der Waals surface area contributed by atoms with Gasteiger partial charge in [-0.1, -0.05) is 41.9 Å². The summed E-state index contributed by atoms with van der Waals surface area (Å²) in [4.78, 5) is 4.59. The first-order chi connectivity index (χ1) is 11.5. The van der Waals surface area contributed by atoms with E-state index in [1.807, 2.05) is 24.4 Å². The van der Waals surface area contributed by atoms with Crippen LogP contribution in [0.15, 0.2) is 41.0 Å². The van der Waals surface area contributed by atoms with Gasteiger partial charge in [-0.25, -0.2) is 0 Å². The summed E-state index contributed by atoms with van der Waals surface area (Å²) >= 11 is 3.46. The minimum absolute atomic E-state index is 0. The van der Waals surface area contributed by atoms with Gasteiger partial charge in [0.1, 0.15) is 17.9 Å². The van der Waals surface area contributed by atoms with E-state index >= 15 is 0 Å². The van der Waals surface area contributed by atoms with Crippen molar-refractivity contribution in [3.8, 4) is 5.75 Å². The first-order valence-electron chi connectivity index (χ1n) is 8.29. The molecule has 2 heterocycles. The van der Waals surface area contributed by atoms with Crippen LogP contribution in [0.5, 0.6) is 5.75 Å². The van der Waals surface area contributed by atoms with Crippen LogP contribution in [0.1, 0.15) is 30.7 Å². The summed E-state index contributed by atoms with van der Waals surface area (Å²) in [5.41, 5.74) is 5.81. The molecule has 0 N–H and O–H groups in total. The van der Waals surface area contributed by atoms with E-state index in [9.17, 15) is 0 Å². The largest absolute Gasteiger partial charge is 0.487 e. The number of aromatic nitrogens is 2. The Morgan fingerprint density at radius 2 is 1.80 bits per heavy atom. The zero-order valence-corrected chi connectivity index (χ0v) is 17.4. The molecule has 0 saturated carbocycles. The van der Waals surface area contributed by atoms with E-state index in [0.717, 1.165) is 33.4 Å². The van der Waals surface area contributed by atoms with Crippen LogP contribution >= 0.6 is 28.3 Å². The van der Waals surface area contributed by atoms with Gasteiger partial charge in [-0.2, -0.15) is 0 Å². The minimum Gasteiger partial charge on any atom is -0.487 e. The summed E-state index contributed by atoms with van der Waals surface area (Å²) in [7, 11) is 0. The average Bonchev–Trinajstić information content (AvgIpc) is 2.80. The normalized spacial score (nSPS) is 11.0. The smallest absolute Gasteiger partial charge is 0.147 e. The number of benzene rings is 1. The third-order valence-corrected chi connectivity index (χ3v) is 4.84. The van der Waals surface area contributed by atoms with Crippen molar-refractivity contribution in [3.63, 3.8) is 0 Å². The topological polar surface area (TPSA) is 27.1 Å². The van der Waals surface area contributed by atoms with Crippen LogP contribution in [0.3, 0.4) is 0 Å². The molecule has 5 heteroatoms. The van der Waals surface area contributed by atoms with Crippen LogP contribution in [-0.2, 0) is 13.2 Å². The molecule has 0 aliphatic heterocycles. The van der Waals surface area contributed by atoms with Gasteiger partial charge >= 0.3 is 0 Å². The monoisotopic (exact) mass is 422 g/mol. The van der Waals surface area contributed by atoms with Crippen molar-refractivity contribution >= 4 is 39.4 Å². The van der Waals surface area contributed by atoms with Crippen LogP contribution in [0.4, 0.5) is 0 Å². The summed E-state index contributed by atoms with van der Waals surface area (Å²) in [6.07, 6.45) is 1.84. The quantitative estimate of drug-likeness (QED) is 0.498. The van der Waals surface area contributed by atoms with Crippen LogP contribution in [0.25, 0.3) is 11.0 Å². The van der Waals surface area contributed by atoms with Crippen molar-refractivity contribution in [3.05, 3.63) is 57.8 Å². The molecule has 0 saturated heterocycles. The Balaban J connectivity index is 0.00000225. The van der Waals surface area contributed by atoms with Crippen LogP contribution in [0.2, 0.25) is 0 Å². The molecule has 0 radical (unpaired) electrons. The Morgan fingerprint density at radius 3 is 2.44 bits per heavy atom. The number of ether oxygens (including phenoxy) is 1. The Kier molecular flexibility index (Phi) is 6.53. The lowest BCUT2D eigenvalue weighted by Crippen LogP contribution is -2.07. The van der Waals surface area contributed by atoms with Crippen molar-refractivity contribution in [2.45, 2.75) is 40.8 Å². The predicted molar refractivity (Wildman–Crippen MR) is 110 cm³/mol. The summed E-state index contributed by atoms with van der Waals surface area (Å²) in [5.74, 6) is 1.47. The fourth-order valence-electron chi connectivity index (χ4n) is 2.96. The number of rotatable bonds is 5. The molecule has 134 valence electrons. The Labute approximate surface area is 163 Å². The maximum Gasteiger partial charge on any atom is 0.147 e. The number of fused-ring (bicyclic) bond motifs is 1. The van der Waals surface area contributed by atoms with Crippen molar-refractivity contribution in [1.29, 1.82) is 0 Å². The van der Waals surface area contributed by atoms with Gasteiger partial charge in [-0.15, -0.1) is 12.4 Å². The molecule has 0 unspecified atom stereocenters. The fourth-order valence-corrected chi connectivity index (χ4v) is 3.23. The molecule has 3 nitrogen and oxygen atoms in total. The third-order valence-electron chi connectivity index (χ3n) is 4.32. The van der Waals surface area contributed by atoms with Gasteiger partial charge in [0.25, 0.3) is 0 Å². The summed E-state index contributed by atoms with van der Waals surface area (Å²) < 4.78 is 9.58. The number of pyridine rings is 1. The minimum atomic E-state index is 0. The van der Waals surface area contributed by atoms with E-state index in [2.05, 4.69) is 65.3 Å². The molecule has 3 rings (SSSR count). The van der Waals surface area contributed by atoms with Crippen LogP contribution < -0.4 is 4.74 Å². The standard InChI is InChI=1S/C20H23BrN2O.ClH/c1-13(2)11-23-15(4)14(3)19-20(23)18(9-10-22-19)24-12-16-5-7-17(21)8-6-16;/h5-10,13H,11-12H2,1-4H3;1H. The lowest BCUT2D eigenvalue weighted by Gasteiger charge is -2.14. The molecule has 0 bridgehead atoms. The van der Waals surface area contributed by atoms with Gasteiger partial charge in [-0.3, -0.25) is 4.98 Å². The van der Waals surface area contributed by atoms with Crippen molar-refractivity contribution < 1.29 is 4.74 Å². The highest BCUT2D eigenvalue weighted by Gasteiger charge is 2.17. The molecule has 0 amide bonds. The van der Waals surface area contributed by atoms with E-state index in [1.54, 1.807) is 0 Å². The predicted octanol–water partition coefficient (Wildman–Crippen LogP) is 6.07. The molecule has 0 aliphatic carbocycles. The van der Waals surface area contributed by atoms with Gasteiger partial charge in [0, 0.05) is 29.0 Å². The van der Waals surface area contributed by atoms with Gasteiger partial charge in [0.05, 0.1) is 5.52 Å². The van der Waals surface area contributed by atoms with Gasteiger partial charge in [0.15, 0.2) is 0 Å². The number of aryl methyl sites for hydroxylation is 1. The Bertz CT molecular complexity index is 856. The molecule has 1 aromatic carbocycles. The fraction of sp³-hybridized carbons (Fsp3) is 0.350. The molecular formula is C20H24BrClN2O. The number of halogens is 2. The van der Waals surface area contributed by atoms with Crippen molar-refractivity contribution in [2.75, 3.05) is 0 Å². The maximum atomic E-state index is 6.16. The van der Waals surface area contributed by atoms with E-state index in [0.29, 0.717) is 12.5 Å². The SMILES string of the molecule is Cc1c(C)n(CC(C)C)c2c(OCc3ccc(Br)cc3)ccnc12.Cl. The third kappa shape index (κ3) is 4.18. The van der Waals surface area contributed by atoms with E-state index in [-0.39, 0.29) is 12.4 Å². The molecular weight excluding hydrogens is 400 g/mol. The Hall–Kier alpha value is -1.52. The maximum absolute atomic E-state index is 6.16. The molecule has 0 aliphatic rings. The lowest BCUT2D eigenvalue weighted by molar-refractivity contribution is 0.308. The Morgan fingerprint density at radius 1 is 1.12 bits per heavy atom. The summed E-state index contributed by atoms with van der Waals surface area (Å²) in [6, 6.07) is 10.2. The molecule has 0 fully saturated rings. The second-order valence-electron chi connectivity index (χ2n) is 6.64. The molecule has 25 heavy (non-hydrogen) atoms. The van der Waals surface area contributed by atoms with E-state index < -0.39 is 0 Å². The van der Waals surface area contributed by atoms with Crippen LogP contribution in [-0.4, -0.2) is 9.55 Å². The number of nitrogens with zero attached hydrogens (tertiary/aromatic N) is 2. The first kappa shape index (κ1) is 19.8. The first-order valence-corrected chi connectivity index (χ1v) is 9.08. The zero-order chi connectivity index (χ0) is 17.3. The van der Waals surface area contributed by atoms with Crippen LogP contribution in [0, 0.1) is 19.8 Å². The molecule has 0 atom stereocenters. The zero-order valence-electron chi connectivity index (χ0n) is 15.0. The summed E-state index contributed by atoms with van der Waals surface area (Å²) in [5, 5.41) is 0. The highest BCUT2D eigenvalue weighted by molar-refractivity contribution is 9.10.